The zero-order valence-corrected chi connectivity index (χ0v) is 24.0. The van der Waals surface area contributed by atoms with Crippen LogP contribution in [0, 0.1) is 0 Å². The minimum absolute atomic E-state index is 0.00476. The average molecular weight is 573 g/mol. The predicted molar refractivity (Wildman–Crippen MR) is 158 cm³/mol. The molecule has 1 saturated carbocycles. The molecule has 0 bridgehead atoms. The molecule has 0 radical (unpaired) electrons. The van der Waals surface area contributed by atoms with E-state index < -0.39 is 0 Å². The first kappa shape index (κ1) is 28.3. The number of benzene rings is 2. The molecule has 41 heavy (non-hydrogen) atoms. The molecule has 0 unspecified atom stereocenters. The Kier molecular flexibility index (Phi) is 8.94. The first-order valence-electron chi connectivity index (χ1n) is 13.7. The molecule has 4 aromatic rings. The van der Waals surface area contributed by atoms with Crippen molar-refractivity contribution in [3.63, 3.8) is 0 Å². The van der Waals surface area contributed by atoms with Crippen molar-refractivity contribution in [3.05, 3.63) is 83.6 Å². The third kappa shape index (κ3) is 6.57. The summed E-state index contributed by atoms with van der Waals surface area (Å²) in [7, 11) is 3.24. The van der Waals surface area contributed by atoms with Gasteiger partial charge >= 0.3 is 0 Å². The molecule has 2 aromatic heterocycles. The summed E-state index contributed by atoms with van der Waals surface area (Å²) in [6.45, 7) is 0.868. The highest BCUT2D eigenvalue weighted by atomic mass is 35.5. The van der Waals surface area contributed by atoms with Crippen LogP contribution in [0.3, 0.4) is 0 Å². The Bertz CT molecular complexity index is 1490. The summed E-state index contributed by atoms with van der Waals surface area (Å²) < 4.78 is 7.15. The molecule has 2 aromatic carbocycles. The maximum Gasteiger partial charge on any atom is 0.254 e. The molecule has 0 saturated heterocycles. The number of amides is 2. The molecule has 2 heterocycles. The molecule has 212 valence electrons. The summed E-state index contributed by atoms with van der Waals surface area (Å²) >= 11 is 6.45. The van der Waals surface area contributed by atoms with Gasteiger partial charge in [-0.15, -0.1) is 0 Å². The lowest BCUT2D eigenvalue weighted by atomic mass is 10.2. The summed E-state index contributed by atoms with van der Waals surface area (Å²) in [4.78, 5) is 38.9. The lowest BCUT2D eigenvalue weighted by Crippen LogP contribution is -2.46. The predicted octanol–water partition coefficient (Wildman–Crippen LogP) is 5.21. The van der Waals surface area contributed by atoms with Gasteiger partial charge in [0.05, 0.1) is 25.2 Å². The molecule has 1 fully saturated rings. The lowest BCUT2D eigenvalue weighted by molar-refractivity contribution is -0.134. The van der Waals surface area contributed by atoms with E-state index in [1.54, 1.807) is 50.8 Å². The minimum Gasteiger partial charge on any atom is -0.495 e. The Morgan fingerprint density at radius 2 is 1.76 bits per heavy atom. The first-order chi connectivity index (χ1) is 19.9. The van der Waals surface area contributed by atoms with Crippen molar-refractivity contribution in [3.8, 4) is 28.5 Å². The van der Waals surface area contributed by atoms with Gasteiger partial charge in [0.15, 0.2) is 11.6 Å². The Morgan fingerprint density at radius 3 is 2.44 bits per heavy atom. The monoisotopic (exact) mass is 572 g/mol. The zero-order chi connectivity index (χ0) is 28.8. The number of likely N-dealkylation sites (N-methyl/N-ethyl adjacent to an activating group) is 1. The molecule has 0 N–H and O–H groups in total. The van der Waals surface area contributed by atoms with Gasteiger partial charge in [-0.25, -0.2) is 9.67 Å². The number of hydrogen-bond donors (Lipinski definition) is 0. The molecule has 9 nitrogen and oxygen atoms in total. The smallest absolute Gasteiger partial charge is 0.254 e. The SMILES string of the molecule is COc1ccc(-c2nc(-c3ccncc3)nn2CCN(C(=O)CN(C)C(=O)c2ccccc2)C2CCCC2)cc1Cl. The Morgan fingerprint density at radius 1 is 1.02 bits per heavy atom. The van der Waals surface area contributed by atoms with Gasteiger partial charge in [-0.1, -0.05) is 42.6 Å². The van der Waals surface area contributed by atoms with Gasteiger partial charge in [0.25, 0.3) is 5.91 Å². The second kappa shape index (κ2) is 13.0. The highest BCUT2D eigenvalue weighted by Gasteiger charge is 2.29. The van der Waals surface area contributed by atoms with Gasteiger partial charge in [0.1, 0.15) is 5.75 Å². The Balaban J connectivity index is 1.40. The van der Waals surface area contributed by atoms with Gasteiger partial charge < -0.3 is 14.5 Å². The van der Waals surface area contributed by atoms with Crippen LogP contribution in [0.15, 0.2) is 73.1 Å². The first-order valence-corrected chi connectivity index (χ1v) is 14.1. The highest BCUT2D eigenvalue weighted by molar-refractivity contribution is 6.32. The van der Waals surface area contributed by atoms with Crippen LogP contribution >= 0.6 is 11.6 Å². The van der Waals surface area contributed by atoms with Crippen LogP contribution < -0.4 is 4.74 Å². The fraction of sp³-hybridized carbons (Fsp3) is 0.323. The van der Waals surface area contributed by atoms with Gasteiger partial charge in [0, 0.05) is 48.7 Å². The van der Waals surface area contributed by atoms with Crippen molar-refractivity contribution in [1.82, 2.24) is 29.5 Å². The second-order valence-electron chi connectivity index (χ2n) is 10.1. The fourth-order valence-electron chi connectivity index (χ4n) is 5.24. The van der Waals surface area contributed by atoms with Gasteiger partial charge in [0.2, 0.25) is 5.91 Å². The van der Waals surface area contributed by atoms with Crippen molar-refractivity contribution < 1.29 is 14.3 Å². The number of ether oxygens (including phenoxy) is 1. The molecule has 1 aliphatic carbocycles. The standard InChI is InChI=1S/C31H33ClN6O3/c1-36(31(40)23-8-4-3-5-9-23)21-28(39)37(25-10-6-7-11-25)18-19-38-30(24-12-13-27(41-2)26(32)20-24)34-29(35-38)22-14-16-33-17-15-22/h3-5,8-9,12-17,20,25H,6-7,10-11,18-19,21H2,1-2H3. The molecular weight excluding hydrogens is 540 g/mol. The Labute approximate surface area is 244 Å². The van der Waals surface area contributed by atoms with Crippen LogP contribution in [0.1, 0.15) is 36.0 Å². The quantitative estimate of drug-likeness (QED) is 0.259. The third-order valence-corrected chi connectivity index (χ3v) is 7.69. The van der Waals surface area contributed by atoms with Crippen LogP contribution in [0.4, 0.5) is 0 Å². The van der Waals surface area contributed by atoms with E-state index in [1.165, 1.54) is 4.90 Å². The van der Waals surface area contributed by atoms with Crippen LogP contribution in [-0.2, 0) is 11.3 Å². The van der Waals surface area contributed by atoms with E-state index in [4.69, 9.17) is 26.4 Å². The molecule has 1 aliphatic rings. The molecule has 0 atom stereocenters. The summed E-state index contributed by atoms with van der Waals surface area (Å²) in [5.41, 5.74) is 2.18. The topological polar surface area (TPSA) is 93.5 Å². The number of hydrogen-bond acceptors (Lipinski definition) is 6. The highest BCUT2D eigenvalue weighted by Crippen LogP contribution is 2.31. The van der Waals surface area contributed by atoms with Crippen LogP contribution in [0.5, 0.6) is 5.75 Å². The molecule has 2 amide bonds. The van der Waals surface area contributed by atoms with E-state index in [-0.39, 0.29) is 24.4 Å². The average Bonchev–Trinajstić information content (AvgIpc) is 3.69. The lowest BCUT2D eigenvalue weighted by Gasteiger charge is -2.31. The van der Waals surface area contributed by atoms with Crippen molar-refractivity contribution >= 4 is 23.4 Å². The van der Waals surface area contributed by atoms with Gasteiger partial charge in [-0.05, 0) is 55.3 Å². The van der Waals surface area contributed by atoms with Gasteiger partial charge in [-0.2, -0.15) is 5.10 Å². The van der Waals surface area contributed by atoms with Crippen molar-refractivity contribution in [1.29, 1.82) is 0 Å². The summed E-state index contributed by atoms with van der Waals surface area (Å²) in [6, 6.07) is 18.4. The molecule has 0 aliphatic heterocycles. The normalized spacial score (nSPS) is 13.2. The van der Waals surface area contributed by atoms with Crippen LogP contribution in [0.2, 0.25) is 5.02 Å². The minimum atomic E-state index is -0.178. The number of carbonyl (C=O) groups excluding carboxylic acids is 2. The van der Waals surface area contributed by atoms with Crippen molar-refractivity contribution in [2.75, 3.05) is 27.2 Å². The van der Waals surface area contributed by atoms with Gasteiger partial charge in [-0.3, -0.25) is 14.6 Å². The molecular formula is C31H33ClN6O3. The van der Waals surface area contributed by atoms with E-state index in [1.807, 2.05) is 46.0 Å². The van der Waals surface area contributed by atoms with E-state index in [2.05, 4.69) is 4.98 Å². The van der Waals surface area contributed by atoms with Crippen molar-refractivity contribution in [2.45, 2.75) is 38.3 Å². The Hall–Kier alpha value is -4.24. The largest absolute Gasteiger partial charge is 0.495 e. The molecule has 10 heteroatoms. The zero-order valence-electron chi connectivity index (χ0n) is 23.2. The molecule has 5 rings (SSSR count). The third-order valence-electron chi connectivity index (χ3n) is 7.40. The summed E-state index contributed by atoms with van der Waals surface area (Å²) in [5, 5.41) is 5.29. The van der Waals surface area contributed by atoms with Crippen molar-refractivity contribution in [2.24, 2.45) is 0 Å². The van der Waals surface area contributed by atoms with Crippen LogP contribution in [-0.4, -0.2) is 74.7 Å². The maximum atomic E-state index is 13.6. The van der Waals surface area contributed by atoms with E-state index in [9.17, 15) is 9.59 Å². The number of carbonyl (C=O) groups is 2. The van der Waals surface area contributed by atoms with E-state index in [0.717, 1.165) is 36.8 Å². The van der Waals surface area contributed by atoms with E-state index in [0.29, 0.717) is 41.1 Å². The van der Waals surface area contributed by atoms with E-state index >= 15 is 0 Å². The summed E-state index contributed by atoms with van der Waals surface area (Å²) in [6.07, 6.45) is 7.46. The number of methoxy groups -OCH3 is 1. The summed E-state index contributed by atoms with van der Waals surface area (Å²) in [5.74, 6) is 1.51. The fourth-order valence-corrected chi connectivity index (χ4v) is 5.49. The number of aromatic nitrogens is 4. The number of pyridine rings is 1. The number of rotatable bonds is 10. The van der Waals surface area contributed by atoms with Crippen LogP contribution in [0.25, 0.3) is 22.8 Å². The molecule has 0 spiro atoms. The number of nitrogens with zero attached hydrogens (tertiary/aromatic N) is 6. The maximum absolute atomic E-state index is 13.6. The number of halogens is 1. The second-order valence-corrected chi connectivity index (χ2v) is 10.5.